The zero-order valence-corrected chi connectivity index (χ0v) is 21.6. The van der Waals surface area contributed by atoms with Gasteiger partial charge in [0.2, 0.25) is 5.88 Å². The minimum atomic E-state index is -4.51. The highest BCUT2D eigenvalue weighted by Gasteiger charge is 2.31. The Balaban J connectivity index is 1.58. The molecule has 1 saturated heterocycles. The van der Waals surface area contributed by atoms with E-state index in [1.54, 1.807) is 6.20 Å². The van der Waals surface area contributed by atoms with Gasteiger partial charge in [0.05, 0.1) is 25.4 Å². The van der Waals surface area contributed by atoms with E-state index in [-0.39, 0.29) is 31.0 Å². The topological polar surface area (TPSA) is 60.9 Å². The summed E-state index contributed by atoms with van der Waals surface area (Å²) < 4.78 is 56.0. The summed E-state index contributed by atoms with van der Waals surface area (Å²) in [5.74, 6) is 2.49. The molecule has 0 atom stereocenters. The molecule has 1 fully saturated rings. The Labute approximate surface area is 225 Å². The maximum Gasteiger partial charge on any atom is 0.416 e. The molecule has 2 aromatic carbocycles. The molecule has 2 heterocycles. The Morgan fingerprint density at radius 3 is 2.67 bits per heavy atom. The van der Waals surface area contributed by atoms with Crippen molar-refractivity contribution in [1.29, 1.82) is 0 Å². The number of Topliss-reactive ketones (excluding diaryl/α,β-unsaturated/α-hetero) is 1. The molecule has 9 heteroatoms. The summed E-state index contributed by atoms with van der Waals surface area (Å²) in [6.45, 7) is 5.31. The highest BCUT2D eigenvalue weighted by atomic mass is 19.4. The first-order valence-electron chi connectivity index (χ1n) is 12.5. The first-order valence-corrected chi connectivity index (χ1v) is 12.5. The SMILES string of the molecule is C#CCOCCOc1ncc(-c2cc(CC(=O)c3cccc(C(F)(F)F)c3)ccc2C)cc1N1CCOCC1. The number of ether oxygens (including phenoxy) is 3. The van der Waals surface area contributed by atoms with Crippen molar-refractivity contribution < 1.29 is 32.2 Å². The summed E-state index contributed by atoms with van der Waals surface area (Å²) in [4.78, 5) is 19.6. The van der Waals surface area contributed by atoms with Crippen LogP contribution in [0.5, 0.6) is 5.88 Å². The number of hydrogen-bond donors (Lipinski definition) is 0. The van der Waals surface area contributed by atoms with Gasteiger partial charge in [0.1, 0.15) is 18.9 Å². The standard InChI is InChI=1S/C30H29F3N2O4/c1-3-11-37-14-15-39-29-27(35-9-12-38-13-10-35)19-24(20-34-29)26-16-22(8-7-21(26)2)17-28(36)23-5-4-6-25(18-23)30(31,32)33/h1,4-8,16,18-20H,9-15,17H2,2H3. The number of benzene rings is 2. The zero-order chi connectivity index (χ0) is 27.8. The van der Waals surface area contributed by atoms with Gasteiger partial charge in [0, 0.05) is 36.8 Å². The number of pyridine rings is 1. The number of halogens is 3. The number of terminal acetylenes is 1. The Bertz CT molecular complexity index is 1340. The van der Waals surface area contributed by atoms with Crippen LogP contribution in [0.25, 0.3) is 11.1 Å². The Morgan fingerprint density at radius 2 is 1.92 bits per heavy atom. The summed E-state index contributed by atoms with van der Waals surface area (Å²) in [5, 5.41) is 0. The fraction of sp³-hybridized carbons (Fsp3) is 0.333. The van der Waals surface area contributed by atoms with Crippen LogP contribution < -0.4 is 9.64 Å². The van der Waals surface area contributed by atoms with Crippen molar-refractivity contribution in [2.45, 2.75) is 19.5 Å². The van der Waals surface area contributed by atoms with Crippen molar-refractivity contribution in [1.82, 2.24) is 4.98 Å². The molecule has 204 valence electrons. The molecule has 0 aliphatic carbocycles. The first kappa shape index (κ1) is 28.1. The second kappa shape index (κ2) is 12.8. The molecular formula is C30H29F3N2O4. The van der Waals surface area contributed by atoms with Gasteiger partial charge in [0.15, 0.2) is 5.78 Å². The van der Waals surface area contributed by atoms with Gasteiger partial charge in [-0.15, -0.1) is 6.42 Å². The van der Waals surface area contributed by atoms with Crippen molar-refractivity contribution in [3.8, 4) is 29.4 Å². The van der Waals surface area contributed by atoms with Gasteiger partial charge in [-0.3, -0.25) is 4.79 Å². The lowest BCUT2D eigenvalue weighted by Gasteiger charge is -2.30. The van der Waals surface area contributed by atoms with Gasteiger partial charge in [-0.2, -0.15) is 13.2 Å². The Morgan fingerprint density at radius 1 is 1.13 bits per heavy atom. The molecule has 1 aliphatic rings. The molecular weight excluding hydrogens is 509 g/mol. The summed E-state index contributed by atoms with van der Waals surface area (Å²) >= 11 is 0. The van der Waals surface area contributed by atoms with Gasteiger partial charge in [-0.25, -0.2) is 4.98 Å². The van der Waals surface area contributed by atoms with E-state index >= 15 is 0 Å². The van der Waals surface area contributed by atoms with Crippen molar-refractivity contribution in [3.63, 3.8) is 0 Å². The molecule has 39 heavy (non-hydrogen) atoms. The number of carbonyl (C=O) groups excluding carboxylic acids is 1. The maximum atomic E-state index is 13.1. The van der Waals surface area contributed by atoms with Crippen LogP contribution in [0.15, 0.2) is 54.7 Å². The largest absolute Gasteiger partial charge is 0.474 e. The van der Waals surface area contributed by atoms with Gasteiger partial charge in [-0.05, 0) is 41.8 Å². The number of morpholine rings is 1. The van der Waals surface area contributed by atoms with E-state index in [4.69, 9.17) is 20.6 Å². The molecule has 0 spiro atoms. The van der Waals surface area contributed by atoms with Crippen LogP contribution in [0.2, 0.25) is 0 Å². The minimum Gasteiger partial charge on any atom is -0.474 e. The predicted octanol–water partition coefficient (Wildman–Crippen LogP) is 5.37. The number of ketones is 1. The lowest BCUT2D eigenvalue weighted by Crippen LogP contribution is -2.36. The van der Waals surface area contributed by atoms with Crippen LogP contribution in [0.3, 0.4) is 0 Å². The fourth-order valence-electron chi connectivity index (χ4n) is 4.30. The number of nitrogens with zero attached hydrogens (tertiary/aromatic N) is 2. The number of anilines is 1. The lowest BCUT2D eigenvalue weighted by molar-refractivity contribution is -0.137. The predicted molar refractivity (Wildman–Crippen MR) is 142 cm³/mol. The number of rotatable bonds is 10. The lowest BCUT2D eigenvalue weighted by atomic mass is 9.95. The molecule has 0 saturated carbocycles. The van der Waals surface area contributed by atoms with Crippen LogP contribution in [-0.2, 0) is 22.1 Å². The summed E-state index contributed by atoms with van der Waals surface area (Å²) in [5.41, 5.74) is 3.36. The van der Waals surface area contributed by atoms with E-state index in [9.17, 15) is 18.0 Å². The smallest absolute Gasteiger partial charge is 0.416 e. The van der Waals surface area contributed by atoms with Crippen molar-refractivity contribution in [3.05, 3.63) is 77.0 Å². The molecule has 1 aromatic heterocycles. The number of aromatic nitrogens is 1. The third-order valence-corrected chi connectivity index (χ3v) is 6.33. The number of carbonyl (C=O) groups is 1. The summed E-state index contributed by atoms with van der Waals surface area (Å²) in [7, 11) is 0. The molecule has 3 aromatic rings. The number of alkyl halides is 3. The highest BCUT2D eigenvalue weighted by Crippen LogP contribution is 2.34. The van der Waals surface area contributed by atoms with Gasteiger partial charge < -0.3 is 19.1 Å². The number of hydrogen-bond acceptors (Lipinski definition) is 6. The molecule has 0 radical (unpaired) electrons. The van der Waals surface area contributed by atoms with Crippen LogP contribution in [0.1, 0.15) is 27.0 Å². The van der Waals surface area contributed by atoms with Gasteiger partial charge >= 0.3 is 6.18 Å². The van der Waals surface area contributed by atoms with Crippen LogP contribution in [-0.4, -0.2) is 56.9 Å². The van der Waals surface area contributed by atoms with E-state index in [1.807, 2.05) is 31.2 Å². The first-order chi connectivity index (χ1) is 18.8. The zero-order valence-electron chi connectivity index (χ0n) is 21.6. The maximum absolute atomic E-state index is 13.1. The highest BCUT2D eigenvalue weighted by molar-refractivity contribution is 5.97. The Kier molecular flexibility index (Phi) is 9.23. The third-order valence-electron chi connectivity index (χ3n) is 6.33. The molecule has 4 rings (SSSR count). The number of aryl methyl sites for hydroxylation is 1. The molecule has 6 nitrogen and oxygen atoms in total. The quantitative estimate of drug-likeness (QED) is 0.197. The fourth-order valence-corrected chi connectivity index (χ4v) is 4.30. The monoisotopic (exact) mass is 538 g/mol. The molecule has 0 N–H and O–H groups in total. The minimum absolute atomic E-state index is 0.0240. The third kappa shape index (κ3) is 7.37. The molecule has 1 aliphatic heterocycles. The summed E-state index contributed by atoms with van der Waals surface area (Å²) in [6, 6.07) is 12.1. The van der Waals surface area contributed by atoms with Gasteiger partial charge in [0.25, 0.3) is 0 Å². The van der Waals surface area contributed by atoms with Crippen molar-refractivity contribution in [2.75, 3.05) is 51.0 Å². The van der Waals surface area contributed by atoms with Crippen LogP contribution in [0, 0.1) is 19.3 Å². The second-order valence-corrected chi connectivity index (χ2v) is 9.08. The Hall–Kier alpha value is -3.87. The van der Waals surface area contributed by atoms with Crippen molar-refractivity contribution >= 4 is 11.5 Å². The van der Waals surface area contributed by atoms with E-state index in [1.165, 1.54) is 12.1 Å². The van der Waals surface area contributed by atoms with Crippen LogP contribution in [0.4, 0.5) is 18.9 Å². The average Bonchev–Trinajstić information content (AvgIpc) is 2.94. The summed E-state index contributed by atoms with van der Waals surface area (Å²) in [6.07, 6.45) is 2.38. The van der Waals surface area contributed by atoms with Crippen molar-refractivity contribution in [2.24, 2.45) is 0 Å². The normalized spacial score (nSPS) is 13.7. The molecule has 0 amide bonds. The average molecular weight is 539 g/mol. The van der Waals surface area contributed by atoms with E-state index in [0.717, 1.165) is 34.5 Å². The molecule has 0 unspecified atom stereocenters. The van der Waals surface area contributed by atoms with E-state index < -0.39 is 11.7 Å². The van der Waals surface area contributed by atoms with Gasteiger partial charge in [-0.1, -0.05) is 36.3 Å². The molecule has 0 bridgehead atoms. The van der Waals surface area contributed by atoms with Crippen LogP contribution >= 0.6 is 0 Å². The van der Waals surface area contributed by atoms with E-state index in [2.05, 4.69) is 15.8 Å². The second-order valence-electron chi connectivity index (χ2n) is 9.08. The van der Waals surface area contributed by atoms with E-state index in [0.29, 0.717) is 44.4 Å².